The molecule has 0 heterocycles. The fourth-order valence-electron chi connectivity index (χ4n) is 3.48. The quantitative estimate of drug-likeness (QED) is 0.428. The number of carbonyl (C=O) groups is 1. The Bertz CT molecular complexity index is 1070. The van der Waals surface area contributed by atoms with Gasteiger partial charge in [0.2, 0.25) is 15.9 Å². The number of amides is 1. The minimum atomic E-state index is -3.89. The number of non-ortho nitro benzene ring substituents is 1. The molecular weight excluding hydrogens is 432 g/mol. The molecule has 9 nitrogen and oxygen atoms in total. The third-order valence-corrected chi connectivity index (χ3v) is 6.49. The molecule has 10 heteroatoms. The molecule has 174 valence electrons. The van der Waals surface area contributed by atoms with Gasteiger partial charge in [-0.25, -0.2) is 8.42 Å². The molecule has 1 N–H and O–H groups in total. The maximum Gasteiger partial charge on any atom is 0.271 e. The number of aryl methyl sites for hydroxylation is 1. The molecule has 0 aromatic heterocycles. The van der Waals surface area contributed by atoms with Crippen LogP contribution in [0.25, 0.3) is 0 Å². The lowest BCUT2D eigenvalue weighted by Crippen LogP contribution is -2.48. The van der Waals surface area contributed by atoms with Gasteiger partial charge in [-0.05, 0) is 51.0 Å². The molecule has 0 fully saturated rings. The number of nitro groups is 1. The van der Waals surface area contributed by atoms with E-state index in [0.717, 1.165) is 34.9 Å². The Morgan fingerprint density at radius 3 is 2.22 bits per heavy atom. The van der Waals surface area contributed by atoms with Gasteiger partial charge in [0.25, 0.3) is 5.69 Å². The summed E-state index contributed by atoms with van der Waals surface area (Å²) < 4.78 is 26.0. The largest absolute Gasteiger partial charge is 0.372 e. The van der Waals surface area contributed by atoms with Gasteiger partial charge in [0, 0.05) is 37.5 Å². The van der Waals surface area contributed by atoms with Crippen molar-refractivity contribution in [2.24, 2.45) is 0 Å². The van der Waals surface area contributed by atoms with Gasteiger partial charge in [-0.3, -0.25) is 19.2 Å². The van der Waals surface area contributed by atoms with E-state index in [1.54, 1.807) is 6.92 Å². The molecule has 2 aromatic rings. The van der Waals surface area contributed by atoms with Crippen molar-refractivity contribution in [3.05, 3.63) is 63.7 Å². The highest BCUT2D eigenvalue weighted by Crippen LogP contribution is 2.29. The highest BCUT2D eigenvalue weighted by atomic mass is 32.2. The van der Waals surface area contributed by atoms with Crippen LogP contribution in [0.5, 0.6) is 0 Å². The second-order valence-corrected chi connectivity index (χ2v) is 9.38. The summed E-state index contributed by atoms with van der Waals surface area (Å²) in [5.74, 6) is -0.505. The second kappa shape index (κ2) is 10.4. The van der Waals surface area contributed by atoms with Gasteiger partial charge in [-0.15, -0.1) is 0 Å². The van der Waals surface area contributed by atoms with Gasteiger partial charge < -0.3 is 10.2 Å². The fraction of sp³-hybridized carbons (Fsp3) is 0.409. The number of hydrogen-bond donors (Lipinski definition) is 1. The summed E-state index contributed by atoms with van der Waals surface area (Å²) in [6.45, 7) is 9.26. The van der Waals surface area contributed by atoms with Crippen molar-refractivity contribution in [2.75, 3.05) is 28.6 Å². The molecule has 1 unspecified atom stereocenters. The first-order valence-corrected chi connectivity index (χ1v) is 12.2. The van der Waals surface area contributed by atoms with Crippen molar-refractivity contribution >= 4 is 33.0 Å². The van der Waals surface area contributed by atoms with Gasteiger partial charge in [0.1, 0.15) is 6.04 Å². The first-order chi connectivity index (χ1) is 15.0. The third-order valence-electron chi connectivity index (χ3n) is 5.26. The standard InChI is InChI=1S/C22H30N4O5S/c1-6-24(7-2)19-12-9-18(10-13-19)15-23-22(27)17(4)25(32(5,30)31)21-14-20(26(28)29)11-8-16(21)3/h8-14,17H,6-7,15H2,1-5H3,(H,23,27). The molecule has 0 aliphatic rings. The number of carbonyl (C=O) groups excluding carboxylic acids is 1. The normalized spacial score (nSPS) is 12.2. The zero-order valence-electron chi connectivity index (χ0n) is 19.0. The van der Waals surface area contributed by atoms with Crippen LogP contribution in [0.1, 0.15) is 31.9 Å². The summed E-state index contributed by atoms with van der Waals surface area (Å²) in [4.78, 5) is 25.6. The van der Waals surface area contributed by atoms with Crippen LogP contribution in [-0.4, -0.2) is 44.6 Å². The summed E-state index contributed by atoms with van der Waals surface area (Å²) in [5.41, 5.74) is 2.32. The predicted molar refractivity (Wildman–Crippen MR) is 126 cm³/mol. The van der Waals surface area contributed by atoms with Crippen LogP contribution in [0.3, 0.4) is 0 Å². The second-order valence-electron chi connectivity index (χ2n) is 7.52. The van der Waals surface area contributed by atoms with Gasteiger partial charge in [0.05, 0.1) is 16.9 Å². The number of hydrogen-bond acceptors (Lipinski definition) is 6. The van der Waals surface area contributed by atoms with Crippen molar-refractivity contribution in [2.45, 2.75) is 40.3 Å². The van der Waals surface area contributed by atoms with Crippen molar-refractivity contribution in [1.29, 1.82) is 0 Å². The van der Waals surface area contributed by atoms with Crippen LogP contribution in [0.4, 0.5) is 17.1 Å². The summed E-state index contributed by atoms with van der Waals surface area (Å²) >= 11 is 0. The van der Waals surface area contributed by atoms with Crippen molar-refractivity contribution < 1.29 is 18.1 Å². The maximum atomic E-state index is 12.8. The van der Waals surface area contributed by atoms with E-state index in [4.69, 9.17) is 0 Å². The van der Waals surface area contributed by atoms with E-state index in [-0.39, 0.29) is 17.9 Å². The Kier molecular flexibility index (Phi) is 8.20. The lowest BCUT2D eigenvalue weighted by atomic mass is 10.1. The van der Waals surface area contributed by atoms with E-state index < -0.39 is 26.9 Å². The number of nitro benzene ring substituents is 1. The molecule has 0 aliphatic heterocycles. The zero-order valence-corrected chi connectivity index (χ0v) is 19.8. The van der Waals surface area contributed by atoms with E-state index in [0.29, 0.717) is 5.56 Å². The van der Waals surface area contributed by atoms with E-state index in [9.17, 15) is 23.3 Å². The fourth-order valence-corrected chi connectivity index (χ4v) is 4.70. The van der Waals surface area contributed by atoms with Crippen LogP contribution in [0.15, 0.2) is 42.5 Å². The van der Waals surface area contributed by atoms with Crippen molar-refractivity contribution in [3.63, 3.8) is 0 Å². The van der Waals surface area contributed by atoms with E-state index >= 15 is 0 Å². The number of nitrogens with one attached hydrogen (secondary N) is 1. The molecule has 2 rings (SSSR count). The van der Waals surface area contributed by atoms with E-state index in [1.807, 2.05) is 24.3 Å². The minimum Gasteiger partial charge on any atom is -0.372 e. The van der Waals surface area contributed by atoms with Crippen molar-refractivity contribution in [1.82, 2.24) is 5.32 Å². The molecule has 0 spiro atoms. The van der Waals surface area contributed by atoms with Gasteiger partial charge in [-0.1, -0.05) is 18.2 Å². The molecule has 0 saturated carbocycles. The molecule has 1 atom stereocenters. The Morgan fingerprint density at radius 2 is 1.72 bits per heavy atom. The van der Waals surface area contributed by atoms with Crippen molar-refractivity contribution in [3.8, 4) is 0 Å². The van der Waals surface area contributed by atoms with E-state index in [1.165, 1.54) is 25.1 Å². The summed E-state index contributed by atoms with van der Waals surface area (Å²) in [6.07, 6.45) is 0.973. The Balaban J connectivity index is 2.21. The summed E-state index contributed by atoms with van der Waals surface area (Å²) in [6, 6.07) is 10.6. The van der Waals surface area contributed by atoms with Gasteiger partial charge in [-0.2, -0.15) is 0 Å². The minimum absolute atomic E-state index is 0.105. The molecule has 0 bridgehead atoms. The summed E-state index contributed by atoms with van der Waals surface area (Å²) in [5, 5.41) is 13.9. The zero-order chi connectivity index (χ0) is 24.1. The SMILES string of the molecule is CCN(CC)c1ccc(CNC(=O)C(C)N(c2cc([N+](=O)[O-])ccc2C)S(C)(=O)=O)cc1. The molecule has 1 amide bonds. The number of anilines is 2. The van der Waals surface area contributed by atoms with Gasteiger partial charge >= 0.3 is 0 Å². The topological polar surface area (TPSA) is 113 Å². The van der Waals surface area contributed by atoms with Crippen LogP contribution >= 0.6 is 0 Å². The lowest BCUT2D eigenvalue weighted by Gasteiger charge is -2.29. The molecule has 0 radical (unpaired) electrons. The third kappa shape index (κ3) is 5.97. The van der Waals surface area contributed by atoms with Gasteiger partial charge in [0.15, 0.2) is 0 Å². The smallest absolute Gasteiger partial charge is 0.271 e. The molecule has 0 aliphatic carbocycles. The van der Waals surface area contributed by atoms with Crippen LogP contribution < -0.4 is 14.5 Å². The highest BCUT2D eigenvalue weighted by molar-refractivity contribution is 7.92. The molecule has 32 heavy (non-hydrogen) atoms. The number of rotatable bonds is 10. The average molecular weight is 463 g/mol. The van der Waals surface area contributed by atoms with Crippen LogP contribution in [-0.2, 0) is 21.4 Å². The molecular formula is C22H30N4O5S. The first-order valence-electron chi connectivity index (χ1n) is 10.4. The average Bonchev–Trinajstić information content (AvgIpc) is 2.74. The summed E-state index contributed by atoms with van der Waals surface area (Å²) in [7, 11) is -3.89. The van der Waals surface area contributed by atoms with E-state index in [2.05, 4.69) is 24.1 Å². The Morgan fingerprint density at radius 1 is 1.12 bits per heavy atom. The molecule has 2 aromatic carbocycles. The number of nitrogens with zero attached hydrogens (tertiary/aromatic N) is 3. The predicted octanol–water partition coefficient (Wildman–Crippen LogP) is 3.22. The first kappa shape index (κ1) is 25.1. The maximum absolute atomic E-state index is 12.8. The van der Waals surface area contributed by atoms with Crippen LogP contribution in [0, 0.1) is 17.0 Å². The lowest BCUT2D eigenvalue weighted by molar-refractivity contribution is -0.384. The Hall–Kier alpha value is -3.14. The molecule has 0 saturated heterocycles. The highest BCUT2D eigenvalue weighted by Gasteiger charge is 2.31. The Labute approximate surface area is 189 Å². The van der Waals surface area contributed by atoms with Crippen LogP contribution in [0.2, 0.25) is 0 Å². The number of benzene rings is 2. The number of sulfonamides is 1. The monoisotopic (exact) mass is 462 g/mol.